The second-order valence-electron chi connectivity index (χ2n) is 5.42. The second-order valence-corrected chi connectivity index (χ2v) is 6.85. The number of nitrogens with one attached hydrogen (secondary N) is 2. The highest BCUT2D eigenvalue weighted by Crippen LogP contribution is 2.28. The van der Waals surface area contributed by atoms with Crippen molar-refractivity contribution in [1.29, 1.82) is 0 Å². The number of para-hydroxylation sites is 2. The topological polar surface area (TPSA) is 83.8 Å². The minimum absolute atomic E-state index is 0.210. The Kier molecular flexibility index (Phi) is 4.90. The van der Waals surface area contributed by atoms with Crippen molar-refractivity contribution >= 4 is 28.7 Å². The lowest BCUT2D eigenvalue weighted by Crippen LogP contribution is -2.54. The first-order valence-corrected chi connectivity index (χ1v) is 7.99. The van der Waals surface area contributed by atoms with E-state index in [9.17, 15) is 4.79 Å². The van der Waals surface area contributed by atoms with Crippen LogP contribution in [0.3, 0.4) is 0 Å². The van der Waals surface area contributed by atoms with Crippen LogP contribution in [0.5, 0.6) is 0 Å². The van der Waals surface area contributed by atoms with Crippen molar-refractivity contribution < 1.29 is 4.79 Å². The molecule has 0 saturated carbocycles. The molecule has 2 unspecified atom stereocenters. The molecular formula is C15H22N4OS. The van der Waals surface area contributed by atoms with Gasteiger partial charge in [-0.2, -0.15) is 0 Å². The number of imidazole rings is 1. The zero-order valence-corrected chi connectivity index (χ0v) is 13.5. The average molecular weight is 306 g/mol. The van der Waals surface area contributed by atoms with Gasteiger partial charge in [0.15, 0.2) is 5.16 Å². The minimum Gasteiger partial charge on any atom is -0.368 e. The van der Waals surface area contributed by atoms with E-state index in [1.54, 1.807) is 11.8 Å². The molecule has 2 rings (SSSR count). The van der Waals surface area contributed by atoms with Gasteiger partial charge in [0, 0.05) is 5.25 Å². The van der Waals surface area contributed by atoms with Gasteiger partial charge in [-0.3, -0.25) is 4.79 Å². The van der Waals surface area contributed by atoms with Crippen molar-refractivity contribution in [2.24, 2.45) is 5.73 Å². The maximum atomic E-state index is 11.7. The van der Waals surface area contributed by atoms with Crippen molar-refractivity contribution in [3.05, 3.63) is 24.3 Å². The fourth-order valence-corrected chi connectivity index (χ4v) is 3.56. The molecule has 0 radical (unpaired) electrons. The smallest absolute Gasteiger partial charge is 0.237 e. The summed E-state index contributed by atoms with van der Waals surface area (Å²) in [6.07, 6.45) is 0.651. The van der Waals surface area contributed by atoms with E-state index in [1.807, 2.05) is 38.1 Å². The Morgan fingerprint density at radius 1 is 1.52 bits per heavy atom. The van der Waals surface area contributed by atoms with Crippen LogP contribution in [-0.2, 0) is 4.79 Å². The number of benzene rings is 1. The van der Waals surface area contributed by atoms with E-state index in [0.717, 1.165) is 16.2 Å². The zero-order chi connectivity index (χ0) is 15.5. The highest BCUT2D eigenvalue weighted by Gasteiger charge is 2.32. The number of carbonyl (C=O) groups excluding carboxylic acids is 1. The van der Waals surface area contributed by atoms with E-state index < -0.39 is 5.54 Å². The number of rotatable bonds is 7. The lowest BCUT2D eigenvalue weighted by atomic mass is 9.95. The van der Waals surface area contributed by atoms with Gasteiger partial charge >= 0.3 is 0 Å². The molecule has 2 aromatic rings. The van der Waals surface area contributed by atoms with Crippen LogP contribution < -0.4 is 11.1 Å². The van der Waals surface area contributed by atoms with Crippen molar-refractivity contribution in [2.45, 2.75) is 43.1 Å². The lowest BCUT2D eigenvalue weighted by Gasteiger charge is -2.29. The highest BCUT2D eigenvalue weighted by atomic mass is 32.2. The molecule has 2 atom stereocenters. The van der Waals surface area contributed by atoms with Crippen LogP contribution in [0.25, 0.3) is 11.0 Å². The summed E-state index contributed by atoms with van der Waals surface area (Å²) in [6, 6.07) is 7.93. The van der Waals surface area contributed by atoms with Crippen LogP contribution in [0.2, 0.25) is 0 Å². The summed E-state index contributed by atoms with van der Waals surface area (Å²) in [5, 5.41) is 4.26. The molecule has 0 aliphatic rings. The first-order chi connectivity index (χ1) is 9.94. The van der Waals surface area contributed by atoms with E-state index in [0.29, 0.717) is 13.0 Å². The summed E-state index contributed by atoms with van der Waals surface area (Å²) >= 11 is 1.63. The van der Waals surface area contributed by atoms with Gasteiger partial charge in [0.2, 0.25) is 5.91 Å². The Labute approximate surface area is 129 Å². The number of H-pyrrole nitrogens is 1. The van der Waals surface area contributed by atoms with Crippen molar-refractivity contribution in [1.82, 2.24) is 15.3 Å². The standard InChI is InChI=1S/C15H22N4OS/c1-4-17-15(3,13(16)20)9-10(2)21-14-18-11-7-5-6-8-12(11)19-14/h5-8,10,17H,4,9H2,1-3H3,(H2,16,20)(H,18,19). The second kappa shape index (κ2) is 6.49. The van der Waals surface area contributed by atoms with E-state index in [1.165, 1.54) is 0 Å². The molecule has 1 heterocycles. The predicted molar refractivity (Wildman–Crippen MR) is 87.3 cm³/mol. The van der Waals surface area contributed by atoms with Crippen LogP contribution in [-0.4, -0.2) is 33.2 Å². The molecule has 0 saturated heterocycles. The fraction of sp³-hybridized carbons (Fsp3) is 0.467. The molecule has 4 N–H and O–H groups in total. The van der Waals surface area contributed by atoms with Crippen molar-refractivity contribution in [3.63, 3.8) is 0 Å². The molecule has 0 aliphatic heterocycles. The van der Waals surface area contributed by atoms with Crippen molar-refractivity contribution in [3.8, 4) is 0 Å². The third-order valence-electron chi connectivity index (χ3n) is 3.49. The molecule has 0 bridgehead atoms. The number of fused-ring (bicyclic) bond motifs is 1. The Morgan fingerprint density at radius 2 is 2.24 bits per heavy atom. The normalized spacial score (nSPS) is 15.8. The first kappa shape index (κ1) is 15.9. The Hall–Kier alpha value is -1.53. The number of hydrogen-bond acceptors (Lipinski definition) is 4. The molecule has 0 aliphatic carbocycles. The summed E-state index contributed by atoms with van der Waals surface area (Å²) in [4.78, 5) is 19.5. The van der Waals surface area contributed by atoms with Gasteiger partial charge in [-0.1, -0.05) is 37.7 Å². The van der Waals surface area contributed by atoms with Gasteiger partial charge in [-0.25, -0.2) is 4.98 Å². The van der Waals surface area contributed by atoms with E-state index in [4.69, 9.17) is 5.73 Å². The number of thioether (sulfide) groups is 1. The monoisotopic (exact) mass is 306 g/mol. The SMILES string of the molecule is CCNC(C)(CC(C)Sc1nc2ccccc2[nH]1)C(N)=O. The van der Waals surface area contributed by atoms with Crippen molar-refractivity contribution in [2.75, 3.05) is 6.54 Å². The molecule has 1 aromatic carbocycles. The zero-order valence-electron chi connectivity index (χ0n) is 12.6. The maximum absolute atomic E-state index is 11.7. The van der Waals surface area contributed by atoms with Crippen LogP contribution in [0.15, 0.2) is 29.4 Å². The molecular weight excluding hydrogens is 284 g/mol. The van der Waals surface area contributed by atoms with Gasteiger partial charge in [0.1, 0.15) is 0 Å². The summed E-state index contributed by atoms with van der Waals surface area (Å²) in [6.45, 7) is 6.62. The number of amides is 1. The molecule has 21 heavy (non-hydrogen) atoms. The van der Waals surface area contributed by atoms with Crippen LogP contribution in [0, 0.1) is 0 Å². The Morgan fingerprint density at radius 3 is 2.86 bits per heavy atom. The number of aromatic amines is 1. The number of nitrogens with two attached hydrogens (primary N) is 1. The third kappa shape index (κ3) is 3.77. The summed E-state index contributed by atoms with van der Waals surface area (Å²) in [5.41, 5.74) is 6.82. The minimum atomic E-state index is -0.687. The largest absolute Gasteiger partial charge is 0.368 e. The molecule has 114 valence electrons. The molecule has 0 spiro atoms. The fourth-order valence-electron chi connectivity index (χ4n) is 2.44. The number of aromatic nitrogens is 2. The van der Waals surface area contributed by atoms with Gasteiger partial charge in [-0.05, 0) is 32.0 Å². The molecule has 5 nitrogen and oxygen atoms in total. The summed E-state index contributed by atoms with van der Waals surface area (Å²) in [7, 11) is 0. The van der Waals surface area contributed by atoms with Crippen LogP contribution in [0.1, 0.15) is 27.2 Å². The van der Waals surface area contributed by atoms with Gasteiger partial charge in [0.05, 0.1) is 16.6 Å². The van der Waals surface area contributed by atoms with Gasteiger partial charge in [0.25, 0.3) is 0 Å². The quantitative estimate of drug-likeness (QED) is 0.685. The van der Waals surface area contributed by atoms with Crippen LogP contribution >= 0.6 is 11.8 Å². The van der Waals surface area contributed by atoms with E-state index in [2.05, 4.69) is 22.2 Å². The predicted octanol–water partition coefficient (Wildman–Crippen LogP) is 2.29. The van der Waals surface area contributed by atoms with Gasteiger partial charge in [-0.15, -0.1) is 0 Å². The first-order valence-electron chi connectivity index (χ1n) is 7.11. The average Bonchev–Trinajstić information content (AvgIpc) is 2.80. The van der Waals surface area contributed by atoms with E-state index >= 15 is 0 Å². The summed E-state index contributed by atoms with van der Waals surface area (Å²) < 4.78 is 0. The molecule has 0 fully saturated rings. The Balaban J connectivity index is 2.06. The number of nitrogens with zero attached hydrogens (tertiary/aromatic N) is 1. The number of likely N-dealkylation sites (N-methyl/N-ethyl adjacent to an activating group) is 1. The third-order valence-corrected chi connectivity index (χ3v) is 4.47. The highest BCUT2D eigenvalue weighted by molar-refractivity contribution is 7.99. The van der Waals surface area contributed by atoms with Gasteiger partial charge < -0.3 is 16.0 Å². The molecule has 6 heteroatoms. The lowest BCUT2D eigenvalue weighted by molar-refractivity contribution is -0.124. The summed E-state index contributed by atoms with van der Waals surface area (Å²) in [5.74, 6) is -0.318. The van der Waals surface area contributed by atoms with E-state index in [-0.39, 0.29) is 11.2 Å². The van der Waals surface area contributed by atoms with Crippen LogP contribution in [0.4, 0.5) is 0 Å². The number of carbonyl (C=O) groups is 1. The molecule has 1 amide bonds. The number of primary amides is 1. The molecule has 1 aromatic heterocycles. The maximum Gasteiger partial charge on any atom is 0.237 e. The number of hydrogen-bond donors (Lipinski definition) is 3. The Bertz CT molecular complexity index is 594.